The van der Waals surface area contributed by atoms with E-state index in [2.05, 4.69) is 18.8 Å². The fraction of sp³-hybridized carbons (Fsp3) is 0.769. The second-order valence-electron chi connectivity index (χ2n) is 5.01. The molecule has 1 fully saturated rings. The molecule has 0 aliphatic heterocycles. The van der Waals surface area contributed by atoms with Gasteiger partial charge in [-0.15, -0.1) is 11.3 Å². The Balaban J connectivity index is 2.01. The standard InChI is InChI=1S/C13H22N2S/c1-3-10-5-4-6-11(7-10)13(14)12-8-15-9(2)16-12/h8,10-11,13H,3-7,14H2,1-2H3. The molecule has 0 spiro atoms. The molecule has 0 saturated heterocycles. The van der Waals surface area contributed by atoms with E-state index in [1.807, 2.05) is 6.20 Å². The molecule has 1 heterocycles. The third kappa shape index (κ3) is 2.64. The van der Waals surface area contributed by atoms with Crippen LogP contribution in [0, 0.1) is 18.8 Å². The Morgan fingerprint density at radius 3 is 3.00 bits per heavy atom. The van der Waals surface area contributed by atoms with E-state index in [9.17, 15) is 0 Å². The first-order valence-corrected chi connectivity index (χ1v) is 7.20. The first-order valence-electron chi connectivity index (χ1n) is 6.38. The van der Waals surface area contributed by atoms with Gasteiger partial charge in [0.15, 0.2) is 0 Å². The second kappa shape index (κ2) is 5.28. The molecule has 0 amide bonds. The van der Waals surface area contributed by atoms with E-state index >= 15 is 0 Å². The summed E-state index contributed by atoms with van der Waals surface area (Å²) in [4.78, 5) is 5.59. The average Bonchev–Trinajstić information content (AvgIpc) is 2.75. The lowest BCUT2D eigenvalue weighted by Gasteiger charge is -2.31. The molecule has 0 radical (unpaired) electrons. The lowest BCUT2D eigenvalue weighted by molar-refractivity contribution is 0.232. The zero-order valence-electron chi connectivity index (χ0n) is 10.3. The van der Waals surface area contributed by atoms with Crippen molar-refractivity contribution in [1.82, 2.24) is 4.98 Å². The fourth-order valence-electron chi connectivity index (χ4n) is 2.79. The van der Waals surface area contributed by atoms with Crippen LogP contribution < -0.4 is 5.73 Å². The average molecular weight is 238 g/mol. The molecule has 3 unspecified atom stereocenters. The Kier molecular flexibility index (Phi) is 3.98. The Morgan fingerprint density at radius 1 is 1.56 bits per heavy atom. The van der Waals surface area contributed by atoms with Crippen molar-refractivity contribution in [3.8, 4) is 0 Å². The molecular formula is C13H22N2S. The predicted molar refractivity (Wildman–Crippen MR) is 69.5 cm³/mol. The number of hydrogen-bond acceptors (Lipinski definition) is 3. The molecule has 16 heavy (non-hydrogen) atoms. The van der Waals surface area contributed by atoms with Crippen LogP contribution in [0.2, 0.25) is 0 Å². The summed E-state index contributed by atoms with van der Waals surface area (Å²) in [6.07, 6.45) is 8.66. The molecular weight excluding hydrogens is 216 g/mol. The minimum absolute atomic E-state index is 0.223. The Morgan fingerprint density at radius 2 is 2.38 bits per heavy atom. The van der Waals surface area contributed by atoms with E-state index in [-0.39, 0.29) is 6.04 Å². The molecule has 1 aromatic rings. The summed E-state index contributed by atoms with van der Waals surface area (Å²) in [6.45, 7) is 4.35. The maximum Gasteiger partial charge on any atom is 0.0897 e. The van der Waals surface area contributed by atoms with E-state index in [1.165, 1.54) is 37.0 Å². The molecule has 1 aliphatic rings. The molecule has 90 valence electrons. The van der Waals surface area contributed by atoms with Gasteiger partial charge in [-0.25, -0.2) is 4.98 Å². The fourth-order valence-corrected chi connectivity index (χ4v) is 3.67. The van der Waals surface area contributed by atoms with Crippen LogP contribution in [0.25, 0.3) is 0 Å². The van der Waals surface area contributed by atoms with Crippen LogP contribution in [0.15, 0.2) is 6.20 Å². The normalized spacial score (nSPS) is 27.9. The van der Waals surface area contributed by atoms with Gasteiger partial charge in [-0.1, -0.05) is 26.2 Å². The van der Waals surface area contributed by atoms with Crippen molar-refractivity contribution in [3.63, 3.8) is 0 Å². The zero-order valence-corrected chi connectivity index (χ0v) is 11.1. The summed E-state index contributed by atoms with van der Waals surface area (Å²) in [5.74, 6) is 1.58. The smallest absolute Gasteiger partial charge is 0.0897 e. The van der Waals surface area contributed by atoms with Gasteiger partial charge < -0.3 is 5.73 Å². The number of hydrogen-bond donors (Lipinski definition) is 1. The highest BCUT2D eigenvalue weighted by atomic mass is 32.1. The molecule has 3 atom stereocenters. The monoisotopic (exact) mass is 238 g/mol. The third-order valence-electron chi connectivity index (χ3n) is 3.88. The van der Waals surface area contributed by atoms with Crippen LogP contribution in [-0.4, -0.2) is 4.98 Å². The molecule has 1 aromatic heterocycles. The van der Waals surface area contributed by atoms with Crippen molar-refractivity contribution < 1.29 is 0 Å². The van der Waals surface area contributed by atoms with Crippen molar-refractivity contribution in [2.75, 3.05) is 0 Å². The van der Waals surface area contributed by atoms with Crippen LogP contribution in [0.4, 0.5) is 0 Å². The lowest BCUT2D eigenvalue weighted by atomic mass is 9.77. The Bertz CT molecular complexity index is 334. The molecule has 1 saturated carbocycles. The summed E-state index contributed by atoms with van der Waals surface area (Å²) in [5.41, 5.74) is 6.37. The van der Waals surface area contributed by atoms with Crippen molar-refractivity contribution in [2.24, 2.45) is 17.6 Å². The number of thiazole rings is 1. The van der Waals surface area contributed by atoms with Crippen molar-refractivity contribution in [2.45, 2.75) is 52.0 Å². The second-order valence-corrected chi connectivity index (χ2v) is 6.27. The maximum absolute atomic E-state index is 6.37. The highest BCUT2D eigenvalue weighted by molar-refractivity contribution is 7.11. The number of rotatable bonds is 3. The Hall–Kier alpha value is -0.410. The molecule has 3 heteroatoms. The topological polar surface area (TPSA) is 38.9 Å². The third-order valence-corrected chi connectivity index (χ3v) is 4.89. The van der Waals surface area contributed by atoms with Gasteiger partial charge >= 0.3 is 0 Å². The van der Waals surface area contributed by atoms with E-state index in [0.29, 0.717) is 5.92 Å². The summed E-state index contributed by atoms with van der Waals surface area (Å²) in [6, 6.07) is 0.223. The van der Waals surface area contributed by atoms with Crippen LogP contribution >= 0.6 is 11.3 Å². The first-order chi connectivity index (χ1) is 7.70. The number of aryl methyl sites for hydroxylation is 1. The summed E-state index contributed by atoms with van der Waals surface area (Å²) in [5, 5.41) is 1.13. The van der Waals surface area contributed by atoms with E-state index in [0.717, 1.165) is 10.9 Å². The summed E-state index contributed by atoms with van der Waals surface area (Å²) < 4.78 is 0. The van der Waals surface area contributed by atoms with E-state index in [4.69, 9.17) is 5.73 Å². The van der Waals surface area contributed by atoms with Crippen LogP contribution in [0.1, 0.15) is 55.0 Å². The van der Waals surface area contributed by atoms with Gasteiger partial charge in [0.1, 0.15) is 0 Å². The minimum atomic E-state index is 0.223. The predicted octanol–water partition coefficient (Wildman–Crippen LogP) is 3.67. The van der Waals surface area contributed by atoms with Gasteiger partial charge in [-0.2, -0.15) is 0 Å². The van der Waals surface area contributed by atoms with Gasteiger partial charge in [0.25, 0.3) is 0 Å². The van der Waals surface area contributed by atoms with Crippen LogP contribution in [0.3, 0.4) is 0 Å². The van der Waals surface area contributed by atoms with Gasteiger partial charge in [0, 0.05) is 17.1 Å². The molecule has 2 nitrogen and oxygen atoms in total. The molecule has 0 bridgehead atoms. The van der Waals surface area contributed by atoms with Crippen LogP contribution in [0.5, 0.6) is 0 Å². The number of nitrogens with two attached hydrogens (primary N) is 1. The van der Waals surface area contributed by atoms with E-state index < -0.39 is 0 Å². The SMILES string of the molecule is CCC1CCCC(C(N)c2cnc(C)s2)C1. The quantitative estimate of drug-likeness (QED) is 0.872. The van der Waals surface area contributed by atoms with Crippen LogP contribution in [-0.2, 0) is 0 Å². The summed E-state index contributed by atoms with van der Waals surface area (Å²) >= 11 is 1.76. The number of aromatic nitrogens is 1. The Labute approximate surface area is 102 Å². The first kappa shape index (κ1) is 12.1. The maximum atomic E-state index is 6.37. The molecule has 1 aliphatic carbocycles. The largest absolute Gasteiger partial charge is 0.323 e. The molecule has 2 N–H and O–H groups in total. The van der Waals surface area contributed by atoms with Gasteiger partial charge in [-0.05, 0) is 31.6 Å². The highest BCUT2D eigenvalue weighted by Crippen LogP contribution is 2.38. The minimum Gasteiger partial charge on any atom is -0.323 e. The van der Waals surface area contributed by atoms with Gasteiger partial charge in [0.2, 0.25) is 0 Å². The van der Waals surface area contributed by atoms with Crippen molar-refractivity contribution in [3.05, 3.63) is 16.1 Å². The van der Waals surface area contributed by atoms with Crippen molar-refractivity contribution >= 4 is 11.3 Å². The summed E-state index contributed by atoms with van der Waals surface area (Å²) in [7, 11) is 0. The highest BCUT2D eigenvalue weighted by Gasteiger charge is 2.27. The van der Waals surface area contributed by atoms with Crippen molar-refractivity contribution in [1.29, 1.82) is 0 Å². The number of nitrogens with zero attached hydrogens (tertiary/aromatic N) is 1. The molecule has 0 aromatic carbocycles. The van der Waals surface area contributed by atoms with Gasteiger partial charge in [-0.3, -0.25) is 0 Å². The van der Waals surface area contributed by atoms with E-state index in [1.54, 1.807) is 11.3 Å². The van der Waals surface area contributed by atoms with Gasteiger partial charge in [0.05, 0.1) is 5.01 Å². The lowest BCUT2D eigenvalue weighted by Crippen LogP contribution is -2.26. The molecule has 2 rings (SSSR count). The zero-order chi connectivity index (χ0) is 11.5.